The number of carboxylic acid groups (broad SMARTS) is 1. The second-order valence-corrected chi connectivity index (χ2v) is 5.52. The van der Waals surface area contributed by atoms with Crippen molar-refractivity contribution in [2.24, 2.45) is 0 Å². The summed E-state index contributed by atoms with van der Waals surface area (Å²) in [5, 5.41) is 13.0. The lowest BCUT2D eigenvalue weighted by atomic mass is 10.0. The van der Waals surface area contributed by atoms with Gasteiger partial charge in [-0.05, 0) is 25.3 Å². The quantitative estimate of drug-likeness (QED) is 0.858. The van der Waals surface area contributed by atoms with Crippen LogP contribution in [0.2, 0.25) is 0 Å². The van der Waals surface area contributed by atoms with Crippen LogP contribution in [0.5, 0.6) is 0 Å². The predicted octanol–water partition coefficient (Wildman–Crippen LogP) is 0.925. The van der Waals surface area contributed by atoms with E-state index in [4.69, 9.17) is 4.52 Å². The zero-order valence-corrected chi connectivity index (χ0v) is 13.0. The van der Waals surface area contributed by atoms with Gasteiger partial charge in [-0.3, -0.25) is 4.79 Å². The van der Waals surface area contributed by atoms with E-state index in [1.807, 2.05) is 0 Å². The smallest absolute Gasteiger partial charge is 0.326 e. The number of aromatic nitrogens is 4. The van der Waals surface area contributed by atoms with Gasteiger partial charge < -0.3 is 14.5 Å². The van der Waals surface area contributed by atoms with Gasteiger partial charge in [-0.1, -0.05) is 5.16 Å². The minimum absolute atomic E-state index is 0.126. The van der Waals surface area contributed by atoms with Gasteiger partial charge in [0, 0.05) is 31.8 Å². The van der Waals surface area contributed by atoms with Crippen LogP contribution >= 0.6 is 0 Å². The predicted molar refractivity (Wildman–Crippen MR) is 80.6 cm³/mol. The summed E-state index contributed by atoms with van der Waals surface area (Å²) >= 11 is 0. The maximum atomic E-state index is 12.3. The molecule has 0 aromatic carbocycles. The highest BCUT2D eigenvalue weighted by Crippen LogP contribution is 2.19. The third kappa shape index (κ3) is 3.55. The highest BCUT2D eigenvalue weighted by Gasteiger charge is 2.31. The van der Waals surface area contributed by atoms with E-state index < -0.39 is 12.0 Å². The van der Waals surface area contributed by atoms with Gasteiger partial charge in [0.05, 0.1) is 0 Å². The number of rotatable bonds is 5. The van der Waals surface area contributed by atoms with Gasteiger partial charge in [0.1, 0.15) is 6.04 Å². The highest BCUT2D eigenvalue weighted by molar-refractivity contribution is 5.83. The summed E-state index contributed by atoms with van der Waals surface area (Å²) in [6.07, 6.45) is 5.67. The number of amides is 1. The molecule has 1 atom stereocenters. The molecule has 2 aromatic rings. The third-order valence-corrected chi connectivity index (χ3v) is 3.89. The molecule has 3 heterocycles. The standard InChI is InChI=1S/C15H17N5O4/c21-12(20-9-2-1-4-10(20)15(22)23)6-5-11-18-14(19-24-11)13-16-7-3-8-17-13/h3,7-8,10H,1-2,4-6,9H2,(H,22,23). The molecule has 9 nitrogen and oxygen atoms in total. The van der Waals surface area contributed by atoms with E-state index in [1.54, 1.807) is 18.5 Å². The summed E-state index contributed by atoms with van der Waals surface area (Å²) in [6, 6.07) is 0.947. The lowest BCUT2D eigenvalue weighted by Gasteiger charge is -2.32. The van der Waals surface area contributed by atoms with Crippen molar-refractivity contribution in [3.63, 3.8) is 0 Å². The van der Waals surface area contributed by atoms with E-state index in [1.165, 1.54) is 4.90 Å². The van der Waals surface area contributed by atoms with Crippen LogP contribution in [0.25, 0.3) is 11.6 Å². The molecule has 0 saturated carbocycles. The van der Waals surface area contributed by atoms with Crippen molar-refractivity contribution >= 4 is 11.9 Å². The summed E-state index contributed by atoms with van der Waals surface area (Å²) in [6.45, 7) is 0.475. The Labute approximate surface area is 137 Å². The molecule has 0 radical (unpaired) electrons. The Morgan fingerprint density at radius 3 is 2.79 bits per heavy atom. The molecule has 1 N–H and O–H groups in total. The van der Waals surface area contributed by atoms with E-state index in [-0.39, 0.29) is 24.6 Å². The monoisotopic (exact) mass is 331 g/mol. The van der Waals surface area contributed by atoms with Crippen molar-refractivity contribution in [3.8, 4) is 11.6 Å². The number of carboxylic acids is 1. The van der Waals surface area contributed by atoms with Crippen molar-refractivity contribution < 1.29 is 19.2 Å². The fourth-order valence-corrected chi connectivity index (χ4v) is 2.71. The Balaban J connectivity index is 1.60. The number of likely N-dealkylation sites (tertiary alicyclic amines) is 1. The van der Waals surface area contributed by atoms with Crippen LogP contribution in [0, 0.1) is 0 Å². The van der Waals surface area contributed by atoms with Crippen LogP contribution in [0.15, 0.2) is 23.0 Å². The maximum Gasteiger partial charge on any atom is 0.326 e. The van der Waals surface area contributed by atoms with E-state index in [9.17, 15) is 14.7 Å². The summed E-state index contributed by atoms with van der Waals surface area (Å²) in [4.78, 5) is 37.2. The molecule has 3 rings (SSSR count). The van der Waals surface area contributed by atoms with Gasteiger partial charge in [0.25, 0.3) is 0 Å². The molecule has 0 spiro atoms. The Morgan fingerprint density at radius 1 is 1.25 bits per heavy atom. The van der Waals surface area contributed by atoms with Gasteiger partial charge in [-0.15, -0.1) is 0 Å². The van der Waals surface area contributed by atoms with Crippen molar-refractivity contribution in [2.45, 2.75) is 38.1 Å². The van der Waals surface area contributed by atoms with E-state index in [0.717, 1.165) is 12.8 Å². The van der Waals surface area contributed by atoms with Gasteiger partial charge in [-0.2, -0.15) is 4.98 Å². The van der Waals surface area contributed by atoms with Crippen molar-refractivity contribution in [1.29, 1.82) is 0 Å². The molecule has 2 aromatic heterocycles. The highest BCUT2D eigenvalue weighted by atomic mass is 16.5. The Bertz CT molecular complexity index is 718. The number of hydrogen-bond donors (Lipinski definition) is 1. The number of carbonyl (C=O) groups excluding carboxylic acids is 1. The number of aliphatic carboxylic acids is 1. The maximum absolute atomic E-state index is 12.3. The number of nitrogens with zero attached hydrogens (tertiary/aromatic N) is 5. The Morgan fingerprint density at radius 2 is 2.04 bits per heavy atom. The molecule has 0 aliphatic carbocycles. The zero-order valence-electron chi connectivity index (χ0n) is 13.0. The average Bonchev–Trinajstić information content (AvgIpc) is 3.09. The number of aryl methyl sites for hydroxylation is 1. The van der Waals surface area contributed by atoms with Crippen molar-refractivity contribution in [2.75, 3.05) is 6.54 Å². The molecule has 1 unspecified atom stereocenters. The molecule has 126 valence electrons. The zero-order chi connectivity index (χ0) is 16.9. The average molecular weight is 331 g/mol. The SMILES string of the molecule is O=C(O)C1CCCCN1C(=O)CCc1nc(-c2ncccn2)no1. The fourth-order valence-electron chi connectivity index (χ4n) is 2.71. The molecule has 1 aliphatic rings. The second-order valence-electron chi connectivity index (χ2n) is 5.52. The summed E-state index contributed by atoms with van der Waals surface area (Å²) in [7, 11) is 0. The molecule has 0 bridgehead atoms. The molecule has 1 saturated heterocycles. The first-order chi connectivity index (χ1) is 11.6. The van der Waals surface area contributed by atoms with Crippen LogP contribution < -0.4 is 0 Å². The largest absolute Gasteiger partial charge is 0.480 e. The minimum Gasteiger partial charge on any atom is -0.480 e. The van der Waals surface area contributed by atoms with E-state index in [0.29, 0.717) is 24.7 Å². The summed E-state index contributed by atoms with van der Waals surface area (Å²) in [5.41, 5.74) is 0. The molecule has 1 amide bonds. The molecule has 1 fully saturated rings. The first kappa shape index (κ1) is 16.0. The second kappa shape index (κ2) is 7.16. The van der Waals surface area contributed by atoms with E-state index >= 15 is 0 Å². The summed E-state index contributed by atoms with van der Waals surface area (Å²) < 4.78 is 5.10. The number of hydrogen-bond acceptors (Lipinski definition) is 7. The first-order valence-corrected chi connectivity index (χ1v) is 7.77. The van der Waals surface area contributed by atoms with Crippen LogP contribution in [-0.2, 0) is 16.0 Å². The third-order valence-electron chi connectivity index (χ3n) is 3.89. The minimum atomic E-state index is -0.954. The Hall–Kier alpha value is -2.84. The number of piperidine rings is 1. The normalized spacial score (nSPS) is 17.7. The molecular weight excluding hydrogens is 314 g/mol. The first-order valence-electron chi connectivity index (χ1n) is 7.77. The summed E-state index contributed by atoms with van der Waals surface area (Å²) in [5.74, 6) is -0.253. The molecule has 1 aliphatic heterocycles. The molecular formula is C15H17N5O4. The van der Waals surface area contributed by atoms with Gasteiger partial charge in [0.15, 0.2) is 0 Å². The lowest BCUT2D eigenvalue weighted by Crippen LogP contribution is -2.48. The Kier molecular flexibility index (Phi) is 4.78. The topological polar surface area (TPSA) is 122 Å². The van der Waals surface area contributed by atoms with Crippen LogP contribution in [0.4, 0.5) is 0 Å². The molecule has 24 heavy (non-hydrogen) atoms. The van der Waals surface area contributed by atoms with Crippen molar-refractivity contribution in [3.05, 3.63) is 24.4 Å². The lowest BCUT2D eigenvalue weighted by molar-refractivity contribution is -0.152. The van der Waals surface area contributed by atoms with Crippen LogP contribution in [0.3, 0.4) is 0 Å². The van der Waals surface area contributed by atoms with Crippen molar-refractivity contribution in [1.82, 2.24) is 25.0 Å². The molecule has 9 heteroatoms. The fraction of sp³-hybridized carbons (Fsp3) is 0.467. The number of carbonyl (C=O) groups is 2. The van der Waals surface area contributed by atoms with Gasteiger partial charge in [0.2, 0.25) is 23.4 Å². The van der Waals surface area contributed by atoms with Crippen LogP contribution in [0.1, 0.15) is 31.6 Å². The van der Waals surface area contributed by atoms with E-state index in [2.05, 4.69) is 20.1 Å². The van der Waals surface area contributed by atoms with Crippen LogP contribution in [-0.4, -0.2) is 54.6 Å². The van der Waals surface area contributed by atoms with Gasteiger partial charge in [-0.25, -0.2) is 14.8 Å². The van der Waals surface area contributed by atoms with Gasteiger partial charge >= 0.3 is 5.97 Å².